The Morgan fingerprint density at radius 3 is 2.96 bits per heavy atom. The first-order valence-electron chi connectivity index (χ1n) is 7.66. The number of H-pyrrole nitrogens is 1. The first-order chi connectivity index (χ1) is 11.3. The lowest BCUT2D eigenvalue weighted by atomic mass is 10.1. The summed E-state index contributed by atoms with van der Waals surface area (Å²) in [7, 11) is 0. The first kappa shape index (κ1) is 13.9. The lowest BCUT2D eigenvalue weighted by molar-refractivity contribution is 0.0926. The molecule has 1 fully saturated rings. The molecule has 4 heterocycles. The number of piperidine rings is 1. The van der Waals surface area contributed by atoms with Gasteiger partial charge in [-0.3, -0.25) is 9.36 Å². The summed E-state index contributed by atoms with van der Waals surface area (Å²) in [5.41, 5.74) is 1.72. The predicted molar refractivity (Wildman–Crippen MR) is 84.4 cm³/mol. The molecule has 118 valence electrons. The predicted octanol–water partition coefficient (Wildman–Crippen LogP) is 0.625. The molecule has 8 nitrogen and oxygen atoms in total. The summed E-state index contributed by atoms with van der Waals surface area (Å²) in [4.78, 5) is 28.6. The van der Waals surface area contributed by atoms with E-state index in [9.17, 15) is 4.79 Å². The quantitative estimate of drug-likeness (QED) is 0.658. The highest BCUT2D eigenvalue weighted by molar-refractivity contribution is 6.03. The van der Waals surface area contributed by atoms with Crippen molar-refractivity contribution in [3.8, 4) is 5.95 Å². The lowest BCUT2D eigenvalue weighted by Crippen LogP contribution is -2.43. The second kappa shape index (κ2) is 5.81. The molecule has 1 aliphatic rings. The van der Waals surface area contributed by atoms with Crippen LogP contribution in [-0.2, 0) is 0 Å². The van der Waals surface area contributed by atoms with Gasteiger partial charge in [-0.1, -0.05) is 0 Å². The molecule has 0 spiro atoms. The normalized spacial score (nSPS) is 15.8. The molecule has 1 saturated heterocycles. The number of aromatic nitrogens is 5. The number of amides is 1. The molecule has 3 N–H and O–H groups in total. The highest BCUT2D eigenvalue weighted by atomic mass is 16.2. The molecule has 1 amide bonds. The number of nitrogens with zero attached hydrogens (tertiary/aromatic N) is 4. The van der Waals surface area contributed by atoms with E-state index in [1.807, 2.05) is 6.07 Å². The Bertz CT molecular complexity index is 818. The lowest BCUT2D eigenvalue weighted by Gasteiger charge is -2.23. The van der Waals surface area contributed by atoms with Crippen molar-refractivity contribution in [2.75, 3.05) is 13.1 Å². The number of hydrogen-bond acceptors (Lipinski definition) is 5. The monoisotopic (exact) mass is 311 g/mol. The minimum atomic E-state index is -0.173. The van der Waals surface area contributed by atoms with Crippen LogP contribution in [0.15, 0.2) is 31.0 Å². The van der Waals surface area contributed by atoms with Gasteiger partial charge in [0.1, 0.15) is 6.33 Å². The number of rotatable bonds is 3. The number of hydrogen-bond donors (Lipinski definition) is 3. The highest BCUT2D eigenvalue weighted by Gasteiger charge is 2.21. The zero-order valence-corrected chi connectivity index (χ0v) is 12.5. The van der Waals surface area contributed by atoms with Gasteiger partial charge in [-0.05, 0) is 32.0 Å². The maximum atomic E-state index is 12.7. The van der Waals surface area contributed by atoms with Crippen LogP contribution in [-0.4, -0.2) is 49.5 Å². The van der Waals surface area contributed by atoms with Crippen LogP contribution in [0.1, 0.15) is 23.3 Å². The second-order valence-corrected chi connectivity index (χ2v) is 5.58. The van der Waals surface area contributed by atoms with E-state index >= 15 is 0 Å². The van der Waals surface area contributed by atoms with E-state index in [-0.39, 0.29) is 11.9 Å². The summed E-state index contributed by atoms with van der Waals surface area (Å²) in [5.74, 6) is 0.262. The Kier molecular flexibility index (Phi) is 3.51. The molecular formula is C15H17N7O. The van der Waals surface area contributed by atoms with Crippen LogP contribution in [0.5, 0.6) is 0 Å². The fraction of sp³-hybridized carbons (Fsp3) is 0.333. The number of imidazole rings is 1. The largest absolute Gasteiger partial charge is 0.358 e. The van der Waals surface area contributed by atoms with E-state index in [2.05, 4.69) is 30.6 Å². The van der Waals surface area contributed by atoms with Crippen molar-refractivity contribution in [2.45, 2.75) is 18.9 Å². The zero-order valence-electron chi connectivity index (χ0n) is 12.5. The van der Waals surface area contributed by atoms with E-state index < -0.39 is 0 Å². The number of nitrogens with one attached hydrogen (secondary N) is 3. The summed E-state index contributed by atoms with van der Waals surface area (Å²) in [6.45, 7) is 1.85. The van der Waals surface area contributed by atoms with Crippen LogP contribution in [0, 0.1) is 0 Å². The van der Waals surface area contributed by atoms with E-state index in [4.69, 9.17) is 0 Å². The summed E-state index contributed by atoms with van der Waals surface area (Å²) < 4.78 is 1.69. The average molecular weight is 311 g/mol. The van der Waals surface area contributed by atoms with Crippen molar-refractivity contribution >= 4 is 16.9 Å². The van der Waals surface area contributed by atoms with Crippen LogP contribution in [0.4, 0.5) is 0 Å². The van der Waals surface area contributed by atoms with Crippen molar-refractivity contribution in [1.82, 2.24) is 35.1 Å². The third-order valence-electron chi connectivity index (χ3n) is 4.02. The van der Waals surface area contributed by atoms with Gasteiger partial charge in [0.25, 0.3) is 5.91 Å². The summed E-state index contributed by atoms with van der Waals surface area (Å²) in [5, 5.41) is 6.36. The molecule has 0 bridgehead atoms. The van der Waals surface area contributed by atoms with Gasteiger partial charge in [0, 0.05) is 24.6 Å². The van der Waals surface area contributed by atoms with Crippen LogP contribution >= 0.6 is 0 Å². The van der Waals surface area contributed by atoms with Crippen molar-refractivity contribution < 1.29 is 4.79 Å². The van der Waals surface area contributed by atoms with E-state index in [1.54, 1.807) is 29.5 Å². The fourth-order valence-corrected chi connectivity index (χ4v) is 2.81. The van der Waals surface area contributed by atoms with Crippen molar-refractivity contribution in [2.24, 2.45) is 0 Å². The topological polar surface area (TPSA) is 101 Å². The van der Waals surface area contributed by atoms with Gasteiger partial charge in [-0.25, -0.2) is 15.0 Å². The van der Waals surface area contributed by atoms with Gasteiger partial charge in [0.05, 0.1) is 11.0 Å². The Morgan fingerprint density at radius 1 is 1.30 bits per heavy atom. The van der Waals surface area contributed by atoms with Crippen LogP contribution < -0.4 is 10.6 Å². The molecule has 4 rings (SSSR count). The maximum Gasteiger partial charge on any atom is 0.272 e. The summed E-state index contributed by atoms with van der Waals surface area (Å²) >= 11 is 0. The Morgan fingerprint density at radius 2 is 2.17 bits per heavy atom. The third-order valence-corrected chi connectivity index (χ3v) is 4.02. The van der Waals surface area contributed by atoms with Gasteiger partial charge in [0.2, 0.25) is 5.95 Å². The minimum Gasteiger partial charge on any atom is -0.358 e. The number of carbonyl (C=O) groups excluding carboxylic acids is 1. The number of aromatic amines is 1. The average Bonchev–Trinajstić information content (AvgIpc) is 3.26. The standard InChI is InChI=1S/C15H17N7O/c23-14(19-10-1-4-16-5-2-10)13-12-11(3-6-18-12)20-15(21-13)22-8-7-17-9-22/h3,6-10,16,18H,1-2,4-5H2,(H,19,23). The molecular weight excluding hydrogens is 294 g/mol. The molecule has 3 aromatic heterocycles. The highest BCUT2D eigenvalue weighted by Crippen LogP contribution is 2.16. The summed E-state index contributed by atoms with van der Waals surface area (Å²) in [6.07, 6.45) is 8.64. The van der Waals surface area contributed by atoms with Crippen LogP contribution in [0.3, 0.4) is 0 Å². The van der Waals surface area contributed by atoms with Crippen molar-refractivity contribution in [1.29, 1.82) is 0 Å². The molecule has 0 saturated carbocycles. The van der Waals surface area contributed by atoms with Gasteiger partial charge in [-0.15, -0.1) is 0 Å². The number of fused-ring (bicyclic) bond motifs is 1. The van der Waals surface area contributed by atoms with Crippen LogP contribution in [0.25, 0.3) is 17.0 Å². The first-order valence-corrected chi connectivity index (χ1v) is 7.66. The van der Waals surface area contributed by atoms with Crippen LogP contribution in [0.2, 0.25) is 0 Å². The Labute approximate surface area is 132 Å². The Hall–Kier alpha value is -2.74. The second-order valence-electron chi connectivity index (χ2n) is 5.58. The molecule has 1 aliphatic heterocycles. The molecule has 0 aromatic carbocycles. The molecule has 0 aliphatic carbocycles. The SMILES string of the molecule is O=C(NC1CCNCC1)c1nc(-n2ccnc2)nc2cc[nH]c12. The van der Waals surface area contributed by atoms with Crippen molar-refractivity contribution in [3.05, 3.63) is 36.7 Å². The Balaban J connectivity index is 1.69. The third kappa shape index (κ3) is 2.68. The maximum absolute atomic E-state index is 12.7. The molecule has 0 atom stereocenters. The van der Waals surface area contributed by atoms with E-state index in [1.165, 1.54) is 0 Å². The molecule has 0 radical (unpaired) electrons. The molecule has 8 heteroatoms. The summed E-state index contributed by atoms with van der Waals surface area (Å²) in [6, 6.07) is 2.01. The number of carbonyl (C=O) groups is 1. The molecule has 23 heavy (non-hydrogen) atoms. The van der Waals surface area contributed by atoms with Gasteiger partial charge in [0.15, 0.2) is 5.69 Å². The fourth-order valence-electron chi connectivity index (χ4n) is 2.81. The molecule has 3 aromatic rings. The van der Waals surface area contributed by atoms with E-state index in [0.29, 0.717) is 22.7 Å². The minimum absolute atomic E-state index is 0.173. The van der Waals surface area contributed by atoms with Gasteiger partial charge < -0.3 is 15.6 Å². The van der Waals surface area contributed by atoms with E-state index in [0.717, 1.165) is 25.9 Å². The smallest absolute Gasteiger partial charge is 0.272 e. The zero-order chi connectivity index (χ0) is 15.6. The molecule has 0 unspecified atom stereocenters. The van der Waals surface area contributed by atoms with Crippen molar-refractivity contribution in [3.63, 3.8) is 0 Å². The van der Waals surface area contributed by atoms with Gasteiger partial charge in [-0.2, -0.15) is 0 Å². The van der Waals surface area contributed by atoms with Gasteiger partial charge >= 0.3 is 0 Å².